The molecule has 0 saturated carbocycles. The quantitative estimate of drug-likeness (QED) is 0.0436. The van der Waals surface area contributed by atoms with Gasteiger partial charge < -0.3 is 56.5 Å². The number of aromatic nitrogens is 2. The number of rotatable bonds is 34. The molecule has 0 spiro atoms. The molecule has 23 nitrogen and oxygen atoms in total. The lowest BCUT2D eigenvalue weighted by Gasteiger charge is -2.24. The van der Waals surface area contributed by atoms with Crippen LogP contribution in [0.4, 0.5) is 4.79 Å². The van der Waals surface area contributed by atoms with E-state index >= 15 is 0 Å². The fraction of sp³-hybridized carbons (Fsp3) is 0.615. The van der Waals surface area contributed by atoms with Crippen molar-refractivity contribution >= 4 is 59.4 Å². The average molecular weight is 879 g/mol. The standard InChI is InChI=1S/C39H58N8O15/c48-31(42-16-7-5-9-27(37(58)59)44-39(62)45-28(38(60)61)13-14-33(50)51)11-3-1-2-4-12-32(49)43-26(36(56)57)10-6-8-19-46(22-29-25(15-17-40-29)21-34(52)53)23-30-41-18-20-47(30)24-35(54)55/h15,17-18,20,25-28H,1-14,16,19,21-24H2,(H,42,48)(H,43,49)(H,50,51)(H,52,53)(H,54,55)(H,56,57)(H,58,59)(H,60,61)(H2,44,45,62)/t25?,26-,27-,28-/m0/s1. The molecule has 0 bridgehead atoms. The Morgan fingerprint density at radius 1 is 0.645 bits per heavy atom. The van der Waals surface area contributed by atoms with Crippen LogP contribution in [-0.4, -0.2) is 142 Å². The molecule has 1 unspecified atom stereocenters. The summed E-state index contributed by atoms with van der Waals surface area (Å²) in [5.74, 6) is -7.81. The first-order valence-corrected chi connectivity index (χ1v) is 20.4. The van der Waals surface area contributed by atoms with Gasteiger partial charge in [-0.1, -0.05) is 18.9 Å². The Balaban J connectivity index is 1.67. The zero-order valence-electron chi connectivity index (χ0n) is 34.4. The van der Waals surface area contributed by atoms with E-state index < -0.39 is 78.2 Å². The number of allylic oxidation sites excluding steroid dienone is 1. The predicted octanol–water partition coefficient (Wildman–Crippen LogP) is 1.27. The van der Waals surface area contributed by atoms with Gasteiger partial charge in [0.25, 0.3) is 0 Å². The molecule has 10 N–H and O–H groups in total. The van der Waals surface area contributed by atoms with Crippen LogP contribution in [0.15, 0.2) is 29.7 Å². The van der Waals surface area contributed by atoms with Crippen LogP contribution in [0.5, 0.6) is 0 Å². The van der Waals surface area contributed by atoms with Crippen LogP contribution in [0.1, 0.15) is 102 Å². The lowest BCUT2D eigenvalue weighted by molar-refractivity contribution is -0.142. The van der Waals surface area contributed by atoms with Gasteiger partial charge in [0.2, 0.25) is 11.8 Å². The van der Waals surface area contributed by atoms with E-state index in [9.17, 15) is 63.6 Å². The van der Waals surface area contributed by atoms with Crippen LogP contribution in [0, 0.1) is 5.92 Å². The largest absolute Gasteiger partial charge is 0.481 e. The lowest BCUT2D eigenvalue weighted by atomic mass is 10.00. The smallest absolute Gasteiger partial charge is 0.326 e. The van der Waals surface area contributed by atoms with Crippen molar-refractivity contribution in [3.63, 3.8) is 0 Å². The van der Waals surface area contributed by atoms with E-state index in [0.29, 0.717) is 69.4 Å². The molecule has 1 aliphatic rings. The molecule has 4 atom stereocenters. The predicted molar refractivity (Wildman–Crippen MR) is 217 cm³/mol. The molecular weight excluding hydrogens is 820 g/mol. The normalized spacial score (nSPS) is 14.6. The van der Waals surface area contributed by atoms with Gasteiger partial charge in [-0.2, -0.15) is 0 Å². The van der Waals surface area contributed by atoms with Crippen molar-refractivity contribution in [1.29, 1.82) is 0 Å². The van der Waals surface area contributed by atoms with Crippen molar-refractivity contribution in [2.24, 2.45) is 10.9 Å². The Morgan fingerprint density at radius 2 is 1.24 bits per heavy atom. The number of carbonyl (C=O) groups excluding carboxylic acids is 3. The number of hydrogen-bond acceptors (Lipinski definition) is 12. The Hall–Kier alpha value is -6.39. The molecule has 62 heavy (non-hydrogen) atoms. The van der Waals surface area contributed by atoms with Gasteiger partial charge in [0.05, 0.1) is 13.0 Å². The molecule has 0 saturated heterocycles. The third-order valence-electron chi connectivity index (χ3n) is 9.74. The van der Waals surface area contributed by atoms with Crippen LogP contribution < -0.4 is 21.3 Å². The summed E-state index contributed by atoms with van der Waals surface area (Å²) in [5.41, 5.74) is 0.635. The molecule has 1 aromatic rings. The molecule has 0 fully saturated rings. The lowest BCUT2D eigenvalue weighted by Crippen LogP contribution is -2.51. The maximum atomic E-state index is 12.6. The van der Waals surface area contributed by atoms with Gasteiger partial charge in [-0.25, -0.2) is 24.2 Å². The van der Waals surface area contributed by atoms with Crippen molar-refractivity contribution in [2.45, 2.75) is 128 Å². The summed E-state index contributed by atoms with van der Waals surface area (Å²) < 4.78 is 1.49. The fourth-order valence-electron chi connectivity index (χ4n) is 6.47. The molecule has 2 heterocycles. The van der Waals surface area contributed by atoms with E-state index in [0.717, 1.165) is 0 Å². The highest BCUT2D eigenvalue weighted by molar-refractivity contribution is 5.94. The number of nitrogens with one attached hydrogen (secondary N) is 4. The number of nitrogens with zero attached hydrogens (tertiary/aromatic N) is 4. The Bertz CT molecular complexity index is 1760. The second-order valence-corrected chi connectivity index (χ2v) is 14.8. The van der Waals surface area contributed by atoms with Gasteiger partial charge in [-0.3, -0.25) is 33.9 Å². The number of carboxylic acids is 6. The Labute approximate surface area is 357 Å². The highest BCUT2D eigenvalue weighted by atomic mass is 16.4. The zero-order chi connectivity index (χ0) is 46.0. The van der Waals surface area contributed by atoms with E-state index in [4.69, 9.17) is 10.2 Å². The minimum absolute atomic E-state index is 0.00783. The van der Waals surface area contributed by atoms with Crippen molar-refractivity contribution < 1.29 is 73.8 Å². The van der Waals surface area contributed by atoms with Crippen LogP contribution in [0.2, 0.25) is 0 Å². The minimum atomic E-state index is -1.52. The van der Waals surface area contributed by atoms with Gasteiger partial charge in [0.1, 0.15) is 30.5 Å². The highest BCUT2D eigenvalue weighted by Crippen LogP contribution is 2.18. The van der Waals surface area contributed by atoms with Crippen LogP contribution in [0.25, 0.3) is 0 Å². The van der Waals surface area contributed by atoms with Gasteiger partial charge in [-0.05, 0) is 64.3 Å². The summed E-state index contributed by atoms with van der Waals surface area (Å²) >= 11 is 0. The van der Waals surface area contributed by atoms with Crippen molar-refractivity contribution in [1.82, 2.24) is 35.7 Å². The van der Waals surface area contributed by atoms with E-state index in [-0.39, 0.29) is 70.6 Å². The first kappa shape index (κ1) is 51.8. The summed E-state index contributed by atoms with van der Waals surface area (Å²) in [6, 6.07) is -5.04. The number of carbonyl (C=O) groups is 9. The molecule has 1 aromatic heterocycles. The number of amides is 4. The van der Waals surface area contributed by atoms with Crippen LogP contribution in [-0.2, 0) is 51.4 Å². The molecule has 23 heteroatoms. The first-order chi connectivity index (χ1) is 29.4. The highest BCUT2D eigenvalue weighted by Gasteiger charge is 2.26. The van der Waals surface area contributed by atoms with E-state index in [1.165, 1.54) is 10.8 Å². The van der Waals surface area contributed by atoms with Crippen molar-refractivity contribution in [3.05, 3.63) is 30.5 Å². The van der Waals surface area contributed by atoms with Crippen LogP contribution in [0.3, 0.4) is 0 Å². The minimum Gasteiger partial charge on any atom is -0.481 e. The summed E-state index contributed by atoms with van der Waals surface area (Å²) in [6.45, 7) is 0.923. The molecule has 0 radical (unpaired) electrons. The number of aliphatic carboxylic acids is 6. The fourth-order valence-corrected chi connectivity index (χ4v) is 6.47. The number of imidazole rings is 1. The van der Waals surface area contributed by atoms with E-state index in [1.54, 1.807) is 18.5 Å². The molecule has 344 valence electrons. The molecule has 0 aliphatic carbocycles. The van der Waals surface area contributed by atoms with Crippen LogP contribution >= 0.6 is 0 Å². The molecular formula is C39H58N8O15. The summed E-state index contributed by atoms with van der Waals surface area (Å²) in [7, 11) is 0. The zero-order valence-corrected chi connectivity index (χ0v) is 34.4. The van der Waals surface area contributed by atoms with E-state index in [1.807, 2.05) is 4.90 Å². The Morgan fingerprint density at radius 3 is 1.84 bits per heavy atom. The number of carboxylic acid groups (broad SMARTS) is 6. The van der Waals surface area contributed by atoms with E-state index in [2.05, 4.69) is 31.2 Å². The third kappa shape index (κ3) is 21.7. The number of unbranched alkanes of at least 4 members (excludes halogenated alkanes) is 5. The summed E-state index contributed by atoms with van der Waals surface area (Å²) in [6.07, 6.45) is 9.65. The maximum absolute atomic E-state index is 12.6. The molecule has 0 aromatic carbocycles. The Kier molecular flexibility index (Phi) is 23.5. The summed E-state index contributed by atoms with van der Waals surface area (Å²) in [4.78, 5) is 116. The second-order valence-electron chi connectivity index (χ2n) is 14.8. The first-order valence-electron chi connectivity index (χ1n) is 20.4. The number of hydrogen-bond donors (Lipinski definition) is 10. The molecule has 4 amide bonds. The van der Waals surface area contributed by atoms with Crippen molar-refractivity contribution in [3.8, 4) is 0 Å². The second kappa shape index (κ2) is 28.2. The van der Waals surface area contributed by atoms with Crippen molar-refractivity contribution in [2.75, 3.05) is 19.6 Å². The van der Waals surface area contributed by atoms with Gasteiger partial charge in [0.15, 0.2) is 0 Å². The molecule has 1 aliphatic heterocycles. The monoisotopic (exact) mass is 878 g/mol. The average Bonchev–Trinajstić information content (AvgIpc) is 3.82. The molecule has 2 rings (SSSR count). The van der Waals surface area contributed by atoms with Gasteiger partial charge in [-0.15, -0.1) is 0 Å². The summed E-state index contributed by atoms with van der Waals surface area (Å²) in [5, 5.41) is 65.1. The number of aliphatic imine (C=N–C) groups is 1. The van der Waals surface area contributed by atoms with Gasteiger partial charge >= 0.3 is 41.8 Å². The third-order valence-corrected chi connectivity index (χ3v) is 9.74. The number of urea groups is 1. The topological polar surface area (TPSA) is 357 Å². The SMILES string of the molecule is O=C(O)CC[C@H](NC(=O)N[C@@H](CCCCNC(=O)CCCCCCC(=O)N[C@@H](CCCCN(CC1=NC=CC1CC(=O)O)Cc1nccn1CC(=O)O)C(=O)O)C(=O)O)C(=O)O. The van der Waals surface area contributed by atoms with Gasteiger partial charge in [0, 0.05) is 62.6 Å². The maximum Gasteiger partial charge on any atom is 0.326 e.